The molecular formula is C12H13F3N2O4. The first-order valence-electron chi connectivity index (χ1n) is 5.88. The predicted octanol–water partition coefficient (Wildman–Crippen LogP) is 1.90. The number of halogens is 3. The molecule has 0 bridgehead atoms. The Kier molecular flexibility index (Phi) is 5.25. The Morgan fingerprint density at radius 2 is 2.05 bits per heavy atom. The van der Waals surface area contributed by atoms with Crippen LogP contribution in [-0.4, -0.2) is 46.7 Å². The normalized spacial score (nSPS) is 11.3. The molecule has 0 fully saturated rings. The maximum Gasteiger partial charge on any atom is 0.406 e. The van der Waals surface area contributed by atoms with Gasteiger partial charge in [0, 0.05) is 12.1 Å². The van der Waals surface area contributed by atoms with Gasteiger partial charge in [0.1, 0.15) is 12.1 Å². The quantitative estimate of drug-likeness (QED) is 0.665. The standard InChI is InChI=1S/C12H13F3N2O4/c1-8-3-2-4-9(10(8)17(20)21)11(19)16(5-6-18)7-12(13,14)15/h2-4,18H,5-7H2,1H3. The van der Waals surface area contributed by atoms with Crippen LogP contribution in [-0.2, 0) is 0 Å². The van der Waals surface area contributed by atoms with Gasteiger partial charge in [-0.1, -0.05) is 12.1 Å². The van der Waals surface area contributed by atoms with Crippen molar-refractivity contribution in [1.82, 2.24) is 4.90 Å². The topological polar surface area (TPSA) is 83.7 Å². The molecule has 0 aromatic heterocycles. The minimum absolute atomic E-state index is 0.168. The van der Waals surface area contributed by atoms with Crippen LogP contribution < -0.4 is 0 Å². The van der Waals surface area contributed by atoms with Crippen LogP contribution in [0, 0.1) is 17.0 Å². The second-order valence-electron chi connectivity index (χ2n) is 4.29. The zero-order valence-electron chi connectivity index (χ0n) is 11.1. The zero-order chi connectivity index (χ0) is 16.2. The van der Waals surface area contributed by atoms with Gasteiger partial charge in [-0.15, -0.1) is 0 Å². The molecule has 0 atom stereocenters. The van der Waals surface area contributed by atoms with Gasteiger partial charge in [-0.25, -0.2) is 0 Å². The number of carbonyl (C=O) groups excluding carboxylic acids is 1. The summed E-state index contributed by atoms with van der Waals surface area (Å²) >= 11 is 0. The lowest BCUT2D eigenvalue weighted by molar-refractivity contribution is -0.385. The molecule has 0 saturated carbocycles. The maximum absolute atomic E-state index is 12.4. The van der Waals surface area contributed by atoms with Gasteiger partial charge in [-0.2, -0.15) is 13.2 Å². The van der Waals surface area contributed by atoms with Crippen LogP contribution in [0.4, 0.5) is 18.9 Å². The third-order valence-electron chi connectivity index (χ3n) is 2.68. The highest BCUT2D eigenvalue weighted by molar-refractivity contribution is 5.98. The molecule has 1 aromatic rings. The fourth-order valence-electron chi connectivity index (χ4n) is 1.83. The Hall–Kier alpha value is -2.16. The van der Waals surface area contributed by atoms with Crippen LogP contribution in [0.25, 0.3) is 0 Å². The highest BCUT2D eigenvalue weighted by Gasteiger charge is 2.35. The molecule has 0 spiro atoms. The van der Waals surface area contributed by atoms with E-state index in [0.717, 1.165) is 6.07 Å². The maximum atomic E-state index is 12.4. The summed E-state index contributed by atoms with van der Waals surface area (Å²) < 4.78 is 37.3. The van der Waals surface area contributed by atoms with E-state index in [1.165, 1.54) is 19.1 Å². The Morgan fingerprint density at radius 1 is 1.43 bits per heavy atom. The molecule has 1 amide bonds. The van der Waals surface area contributed by atoms with Crippen LogP contribution in [0.15, 0.2) is 18.2 Å². The van der Waals surface area contributed by atoms with E-state index in [4.69, 9.17) is 5.11 Å². The lowest BCUT2D eigenvalue weighted by Gasteiger charge is -2.23. The number of aliphatic hydroxyl groups is 1. The summed E-state index contributed by atoms with van der Waals surface area (Å²) in [6.07, 6.45) is -4.66. The van der Waals surface area contributed by atoms with E-state index in [1.807, 2.05) is 0 Å². The van der Waals surface area contributed by atoms with E-state index < -0.39 is 48.0 Å². The van der Waals surface area contributed by atoms with Crippen molar-refractivity contribution in [2.75, 3.05) is 19.7 Å². The average molecular weight is 306 g/mol. The summed E-state index contributed by atoms with van der Waals surface area (Å²) in [6, 6.07) is 3.82. The fraction of sp³-hybridized carbons (Fsp3) is 0.417. The number of para-hydroxylation sites is 1. The summed E-state index contributed by atoms with van der Waals surface area (Å²) in [5.74, 6) is -1.14. The predicted molar refractivity (Wildman–Crippen MR) is 66.9 cm³/mol. The molecule has 0 aliphatic heterocycles. The van der Waals surface area contributed by atoms with Crippen molar-refractivity contribution in [3.63, 3.8) is 0 Å². The highest BCUT2D eigenvalue weighted by Crippen LogP contribution is 2.26. The van der Waals surface area contributed by atoms with E-state index in [2.05, 4.69) is 0 Å². The van der Waals surface area contributed by atoms with Crippen LogP contribution in [0.1, 0.15) is 15.9 Å². The number of alkyl halides is 3. The number of nitro benzene ring substituents is 1. The van der Waals surface area contributed by atoms with Gasteiger partial charge in [0.25, 0.3) is 11.6 Å². The Morgan fingerprint density at radius 3 is 2.52 bits per heavy atom. The molecule has 0 heterocycles. The molecule has 9 heteroatoms. The number of carbonyl (C=O) groups is 1. The molecule has 1 aromatic carbocycles. The Labute approximate surface area is 117 Å². The number of hydrogen-bond acceptors (Lipinski definition) is 4. The number of amides is 1. The number of benzene rings is 1. The van der Waals surface area contributed by atoms with E-state index >= 15 is 0 Å². The lowest BCUT2D eigenvalue weighted by Crippen LogP contribution is -2.40. The van der Waals surface area contributed by atoms with Crippen molar-refractivity contribution in [1.29, 1.82) is 0 Å². The van der Waals surface area contributed by atoms with E-state index in [1.54, 1.807) is 0 Å². The molecule has 0 radical (unpaired) electrons. The van der Waals surface area contributed by atoms with Gasteiger partial charge in [0.15, 0.2) is 0 Å². The van der Waals surface area contributed by atoms with Crippen molar-refractivity contribution in [3.8, 4) is 0 Å². The van der Waals surface area contributed by atoms with Gasteiger partial charge in [-0.3, -0.25) is 14.9 Å². The molecule has 0 aliphatic rings. The molecule has 0 saturated heterocycles. The molecule has 0 unspecified atom stereocenters. The second kappa shape index (κ2) is 6.53. The Balaban J connectivity index is 3.21. The summed E-state index contributed by atoms with van der Waals surface area (Å²) in [5, 5.41) is 19.7. The first kappa shape index (κ1) is 16.9. The zero-order valence-corrected chi connectivity index (χ0v) is 11.1. The number of aryl methyl sites for hydroxylation is 1. The molecule has 21 heavy (non-hydrogen) atoms. The SMILES string of the molecule is Cc1cccc(C(=O)N(CCO)CC(F)(F)F)c1[N+](=O)[O-]. The third-order valence-corrected chi connectivity index (χ3v) is 2.68. The largest absolute Gasteiger partial charge is 0.406 e. The second-order valence-corrected chi connectivity index (χ2v) is 4.29. The van der Waals surface area contributed by atoms with Crippen LogP contribution in [0.3, 0.4) is 0 Å². The van der Waals surface area contributed by atoms with Crippen LogP contribution in [0.2, 0.25) is 0 Å². The number of nitro groups is 1. The average Bonchev–Trinajstić information content (AvgIpc) is 2.35. The van der Waals surface area contributed by atoms with Gasteiger partial charge < -0.3 is 10.0 Å². The minimum Gasteiger partial charge on any atom is -0.395 e. The van der Waals surface area contributed by atoms with E-state index in [9.17, 15) is 28.1 Å². The van der Waals surface area contributed by atoms with Crippen molar-refractivity contribution >= 4 is 11.6 Å². The lowest BCUT2D eigenvalue weighted by atomic mass is 10.1. The van der Waals surface area contributed by atoms with Crippen LogP contribution >= 0.6 is 0 Å². The monoisotopic (exact) mass is 306 g/mol. The van der Waals surface area contributed by atoms with Gasteiger partial charge in [0.05, 0.1) is 11.5 Å². The third kappa shape index (κ3) is 4.42. The number of hydrogen-bond donors (Lipinski definition) is 1. The van der Waals surface area contributed by atoms with Crippen molar-refractivity contribution < 1.29 is 28.0 Å². The van der Waals surface area contributed by atoms with Crippen molar-refractivity contribution in [2.45, 2.75) is 13.1 Å². The van der Waals surface area contributed by atoms with Crippen molar-refractivity contribution in [3.05, 3.63) is 39.4 Å². The first-order valence-corrected chi connectivity index (χ1v) is 5.88. The summed E-state index contributed by atoms with van der Waals surface area (Å²) in [6.45, 7) is -1.45. The van der Waals surface area contributed by atoms with Gasteiger partial charge >= 0.3 is 6.18 Å². The number of rotatable bonds is 5. The number of aliphatic hydroxyl groups excluding tert-OH is 1. The molecular weight excluding hydrogens is 293 g/mol. The molecule has 1 N–H and O–H groups in total. The smallest absolute Gasteiger partial charge is 0.395 e. The number of nitrogens with zero attached hydrogens (tertiary/aromatic N) is 2. The summed E-state index contributed by atoms with van der Waals surface area (Å²) in [4.78, 5) is 22.6. The van der Waals surface area contributed by atoms with E-state index in [-0.39, 0.29) is 5.56 Å². The molecule has 1 rings (SSSR count). The van der Waals surface area contributed by atoms with Crippen molar-refractivity contribution in [2.24, 2.45) is 0 Å². The molecule has 6 nitrogen and oxygen atoms in total. The highest BCUT2D eigenvalue weighted by atomic mass is 19.4. The fourth-order valence-corrected chi connectivity index (χ4v) is 1.83. The Bertz CT molecular complexity index is 546. The molecule has 0 aliphatic carbocycles. The molecule has 116 valence electrons. The first-order chi connectivity index (χ1) is 9.67. The minimum atomic E-state index is -4.66. The van der Waals surface area contributed by atoms with Crippen LogP contribution in [0.5, 0.6) is 0 Å². The van der Waals surface area contributed by atoms with Gasteiger partial charge in [-0.05, 0) is 13.0 Å². The van der Waals surface area contributed by atoms with Gasteiger partial charge in [0.2, 0.25) is 0 Å². The summed E-state index contributed by atoms with van der Waals surface area (Å²) in [7, 11) is 0. The van der Waals surface area contributed by atoms with E-state index in [0.29, 0.717) is 4.90 Å². The summed E-state index contributed by atoms with van der Waals surface area (Å²) in [5.41, 5.74) is -0.799.